The van der Waals surface area contributed by atoms with Crippen LogP contribution in [0.1, 0.15) is 0 Å². The van der Waals surface area contributed by atoms with Crippen LogP contribution in [0, 0.1) is 0 Å². The van der Waals surface area contributed by atoms with Gasteiger partial charge >= 0.3 is 0 Å². The van der Waals surface area contributed by atoms with Crippen LogP contribution in [0.4, 0.5) is 0 Å². The Hall–Kier alpha value is -0.940. The minimum atomic E-state index is -0.914. The van der Waals surface area contributed by atoms with Crippen molar-refractivity contribution < 1.29 is 4.21 Å². The van der Waals surface area contributed by atoms with Gasteiger partial charge in [-0.1, -0.05) is 6.07 Å². The monoisotopic (exact) mass is 214 g/mol. The highest BCUT2D eigenvalue weighted by Crippen LogP contribution is 1.86. The average Bonchev–Trinajstić information content (AvgIpc) is 2.17. The van der Waals surface area contributed by atoms with Crippen molar-refractivity contribution in [2.45, 2.75) is 6.54 Å². The molecule has 1 rings (SSSR count). The molecule has 1 aromatic rings. The summed E-state index contributed by atoms with van der Waals surface area (Å²) in [4.78, 5) is 11.2. The fourth-order valence-electron chi connectivity index (χ4n) is 1.08. The van der Waals surface area contributed by atoms with Gasteiger partial charge in [-0.05, 0) is 6.07 Å². The first-order valence-electron chi connectivity index (χ1n) is 4.44. The minimum absolute atomic E-state index is 0.0581. The summed E-state index contributed by atoms with van der Waals surface area (Å²) in [7, 11) is -0.914. The van der Waals surface area contributed by atoms with E-state index in [0.29, 0.717) is 24.6 Å². The molecule has 0 radical (unpaired) electrons. The fourth-order valence-corrected chi connectivity index (χ4v) is 1.95. The molecule has 0 aliphatic heterocycles. The van der Waals surface area contributed by atoms with Crippen LogP contribution < -0.4 is 11.3 Å². The van der Waals surface area contributed by atoms with Crippen molar-refractivity contribution in [1.29, 1.82) is 0 Å². The van der Waals surface area contributed by atoms with Crippen molar-refractivity contribution in [2.24, 2.45) is 5.73 Å². The van der Waals surface area contributed by atoms with E-state index in [0.717, 1.165) is 0 Å². The maximum absolute atomic E-state index is 11.2. The van der Waals surface area contributed by atoms with Gasteiger partial charge in [-0.2, -0.15) is 0 Å². The molecule has 0 saturated carbocycles. The highest BCUT2D eigenvalue weighted by atomic mass is 32.2. The zero-order chi connectivity index (χ0) is 10.4. The molecule has 0 spiro atoms. The Bertz CT molecular complexity index is 362. The number of nitrogens with zero attached hydrogens (tertiary/aromatic N) is 1. The summed E-state index contributed by atoms with van der Waals surface area (Å²) < 4.78 is 12.8. The summed E-state index contributed by atoms with van der Waals surface area (Å²) in [5, 5.41) is 0. The molecule has 1 atom stereocenters. The normalized spacial score (nSPS) is 12.6. The zero-order valence-electron chi connectivity index (χ0n) is 7.89. The van der Waals surface area contributed by atoms with Crippen LogP contribution in [0.5, 0.6) is 0 Å². The van der Waals surface area contributed by atoms with E-state index < -0.39 is 10.8 Å². The third-order valence-electron chi connectivity index (χ3n) is 1.80. The second-order valence-electron chi connectivity index (χ2n) is 2.87. The highest BCUT2D eigenvalue weighted by molar-refractivity contribution is 7.84. The first-order valence-corrected chi connectivity index (χ1v) is 5.93. The number of pyridine rings is 1. The summed E-state index contributed by atoms with van der Waals surface area (Å²) >= 11 is 0. The van der Waals surface area contributed by atoms with E-state index in [1.165, 1.54) is 6.07 Å². The second kappa shape index (κ2) is 5.72. The fraction of sp³-hybridized carbons (Fsp3) is 0.444. The van der Waals surface area contributed by atoms with E-state index in [4.69, 9.17) is 5.73 Å². The minimum Gasteiger partial charge on any atom is -0.330 e. The van der Waals surface area contributed by atoms with Gasteiger partial charge in [-0.3, -0.25) is 9.00 Å². The van der Waals surface area contributed by atoms with Crippen molar-refractivity contribution in [1.82, 2.24) is 4.57 Å². The standard InChI is InChI=1S/C9H14N2O2S/c10-4-7-14(13)8-6-11-5-2-1-3-9(11)12/h1-3,5H,4,6-8,10H2. The highest BCUT2D eigenvalue weighted by Gasteiger charge is 1.99. The molecule has 0 aliphatic rings. The molecule has 4 nitrogen and oxygen atoms in total. The number of aryl methyl sites for hydroxylation is 1. The summed E-state index contributed by atoms with van der Waals surface area (Å²) in [5.41, 5.74) is 5.21. The van der Waals surface area contributed by atoms with Gasteiger partial charge in [0.05, 0.1) is 0 Å². The Labute approximate surface area is 85.2 Å². The Morgan fingerprint density at radius 1 is 1.36 bits per heavy atom. The van der Waals surface area contributed by atoms with Crippen molar-refractivity contribution in [3.63, 3.8) is 0 Å². The molecule has 78 valence electrons. The largest absolute Gasteiger partial charge is 0.330 e. The molecule has 0 amide bonds. The molecule has 1 unspecified atom stereocenters. The van der Waals surface area contributed by atoms with Crippen molar-refractivity contribution in [2.75, 3.05) is 18.1 Å². The number of rotatable bonds is 5. The number of hydrogen-bond donors (Lipinski definition) is 1. The van der Waals surface area contributed by atoms with E-state index in [1.54, 1.807) is 22.9 Å². The molecule has 2 N–H and O–H groups in total. The SMILES string of the molecule is NCCS(=O)CCn1ccccc1=O. The number of aromatic nitrogens is 1. The second-order valence-corrected chi connectivity index (χ2v) is 4.57. The molecule has 0 aromatic carbocycles. The molecule has 0 bridgehead atoms. The smallest absolute Gasteiger partial charge is 0.250 e. The maximum Gasteiger partial charge on any atom is 0.250 e. The molecular weight excluding hydrogens is 200 g/mol. The van der Waals surface area contributed by atoms with Gasteiger partial charge < -0.3 is 10.3 Å². The molecule has 5 heteroatoms. The van der Waals surface area contributed by atoms with Crippen molar-refractivity contribution in [3.8, 4) is 0 Å². The van der Waals surface area contributed by atoms with Crippen LogP contribution in [0.25, 0.3) is 0 Å². The third kappa shape index (κ3) is 3.43. The summed E-state index contributed by atoms with van der Waals surface area (Å²) in [6, 6.07) is 4.97. The maximum atomic E-state index is 11.2. The van der Waals surface area contributed by atoms with Gasteiger partial charge in [-0.15, -0.1) is 0 Å². The molecule has 14 heavy (non-hydrogen) atoms. The van der Waals surface area contributed by atoms with Gasteiger partial charge in [0.25, 0.3) is 5.56 Å². The van der Waals surface area contributed by atoms with E-state index in [-0.39, 0.29) is 5.56 Å². The Morgan fingerprint density at radius 3 is 2.79 bits per heavy atom. The molecule has 0 aliphatic carbocycles. The molecule has 0 fully saturated rings. The summed E-state index contributed by atoms with van der Waals surface area (Å²) in [6.45, 7) is 0.919. The van der Waals surface area contributed by atoms with E-state index in [2.05, 4.69) is 0 Å². The average molecular weight is 214 g/mol. The van der Waals surface area contributed by atoms with Crippen LogP contribution in [-0.2, 0) is 17.3 Å². The zero-order valence-corrected chi connectivity index (χ0v) is 8.70. The van der Waals surface area contributed by atoms with Crippen LogP contribution >= 0.6 is 0 Å². The number of hydrogen-bond acceptors (Lipinski definition) is 3. The van der Waals surface area contributed by atoms with E-state index in [1.807, 2.05) is 0 Å². The van der Waals surface area contributed by atoms with Crippen molar-refractivity contribution in [3.05, 3.63) is 34.7 Å². The molecule has 1 aromatic heterocycles. The molecule has 0 saturated heterocycles. The lowest BCUT2D eigenvalue weighted by atomic mass is 10.5. The molecule has 1 heterocycles. The van der Waals surface area contributed by atoms with Crippen LogP contribution in [0.15, 0.2) is 29.2 Å². The van der Waals surface area contributed by atoms with Gasteiger partial charge in [0.1, 0.15) is 0 Å². The van der Waals surface area contributed by atoms with Gasteiger partial charge in [0.15, 0.2) is 0 Å². The van der Waals surface area contributed by atoms with Crippen LogP contribution in [0.3, 0.4) is 0 Å². The van der Waals surface area contributed by atoms with E-state index >= 15 is 0 Å². The van der Waals surface area contributed by atoms with E-state index in [9.17, 15) is 9.00 Å². The van der Waals surface area contributed by atoms with Gasteiger partial charge in [0, 0.05) is 47.7 Å². The quantitative estimate of drug-likeness (QED) is 0.722. The lowest BCUT2D eigenvalue weighted by molar-refractivity contribution is 0.668. The predicted octanol–water partition coefficient (Wildman–Crippen LogP) is -0.444. The first-order chi connectivity index (χ1) is 6.74. The van der Waals surface area contributed by atoms with Gasteiger partial charge in [0.2, 0.25) is 0 Å². The third-order valence-corrected chi connectivity index (χ3v) is 3.13. The van der Waals surface area contributed by atoms with Crippen LogP contribution in [0.2, 0.25) is 0 Å². The van der Waals surface area contributed by atoms with Crippen LogP contribution in [-0.4, -0.2) is 26.8 Å². The topological polar surface area (TPSA) is 65.1 Å². The first kappa shape index (κ1) is 11.1. The summed E-state index contributed by atoms with van der Waals surface area (Å²) in [5.74, 6) is 0.989. The Morgan fingerprint density at radius 2 is 2.14 bits per heavy atom. The van der Waals surface area contributed by atoms with Gasteiger partial charge in [-0.25, -0.2) is 0 Å². The van der Waals surface area contributed by atoms with Crippen molar-refractivity contribution >= 4 is 10.8 Å². The lowest BCUT2D eigenvalue weighted by Gasteiger charge is -2.03. The summed E-state index contributed by atoms with van der Waals surface area (Å²) in [6.07, 6.45) is 1.70. The lowest BCUT2D eigenvalue weighted by Crippen LogP contribution is -2.22. The number of nitrogens with two attached hydrogens (primary N) is 1. The predicted molar refractivity (Wildman–Crippen MR) is 57.6 cm³/mol. The molecular formula is C9H14N2O2S. The Balaban J connectivity index is 2.50. The Kier molecular flexibility index (Phi) is 4.55.